The molecule has 4 fully saturated rings. The standard InChI is InChI=1S/C22H33N3O/c1-16-4-6-19(7-5-16)21-11-17-10-18(12-21)14-22(13-17,15-21)24-20(26)23-8-9-25(2)3/h4-7,17-18H,8-15H2,1-3H3,(H2,23,24,26)/t17-,18+,21?,22?. The molecule has 0 saturated heterocycles. The third-order valence-electron chi connectivity index (χ3n) is 6.95. The third-order valence-corrected chi connectivity index (χ3v) is 6.95. The third kappa shape index (κ3) is 3.36. The highest BCUT2D eigenvalue weighted by Crippen LogP contribution is 2.62. The van der Waals surface area contributed by atoms with E-state index in [1.807, 2.05) is 14.1 Å². The number of nitrogens with one attached hydrogen (secondary N) is 2. The van der Waals surface area contributed by atoms with Crippen LogP contribution in [0.5, 0.6) is 0 Å². The van der Waals surface area contributed by atoms with E-state index in [-0.39, 0.29) is 17.0 Å². The van der Waals surface area contributed by atoms with Crippen LogP contribution in [0.15, 0.2) is 24.3 Å². The molecular formula is C22H33N3O. The number of nitrogens with zero attached hydrogens (tertiary/aromatic N) is 1. The van der Waals surface area contributed by atoms with Crippen molar-refractivity contribution in [2.45, 2.75) is 56.4 Å². The van der Waals surface area contributed by atoms with E-state index in [1.54, 1.807) is 0 Å². The first kappa shape index (κ1) is 17.8. The molecule has 0 radical (unpaired) electrons. The molecule has 2 amide bonds. The van der Waals surface area contributed by atoms with Crippen LogP contribution in [0.4, 0.5) is 4.79 Å². The Morgan fingerprint density at radius 3 is 2.38 bits per heavy atom. The van der Waals surface area contributed by atoms with Crippen LogP contribution in [-0.2, 0) is 5.41 Å². The predicted molar refractivity (Wildman–Crippen MR) is 105 cm³/mol. The zero-order valence-corrected chi connectivity index (χ0v) is 16.5. The normalized spacial score (nSPS) is 34.9. The molecule has 4 saturated carbocycles. The second-order valence-electron chi connectivity index (χ2n) is 9.57. The van der Waals surface area contributed by atoms with Crippen LogP contribution < -0.4 is 10.6 Å². The Morgan fingerprint density at radius 2 is 1.77 bits per heavy atom. The van der Waals surface area contributed by atoms with Gasteiger partial charge in [-0.2, -0.15) is 0 Å². The van der Waals surface area contributed by atoms with Crippen molar-refractivity contribution in [1.82, 2.24) is 15.5 Å². The van der Waals surface area contributed by atoms with Crippen LogP contribution in [-0.4, -0.2) is 43.7 Å². The second kappa shape index (κ2) is 6.56. The maximum Gasteiger partial charge on any atom is 0.315 e. The van der Waals surface area contributed by atoms with Gasteiger partial charge in [0.2, 0.25) is 0 Å². The lowest BCUT2D eigenvalue weighted by molar-refractivity contribution is -0.0350. The molecule has 1 aromatic rings. The summed E-state index contributed by atoms with van der Waals surface area (Å²) in [6.07, 6.45) is 7.41. The highest BCUT2D eigenvalue weighted by Gasteiger charge is 2.58. The van der Waals surface area contributed by atoms with E-state index in [4.69, 9.17) is 0 Å². The van der Waals surface area contributed by atoms with Crippen LogP contribution >= 0.6 is 0 Å². The summed E-state index contributed by atoms with van der Waals surface area (Å²) in [4.78, 5) is 14.6. The molecule has 4 atom stereocenters. The van der Waals surface area contributed by atoms with Crippen molar-refractivity contribution in [3.8, 4) is 0 Å². The zero-order chi connectivity index (χ0) is 18.4. The molecule has 142 valence electrons. The lowest BCUT2D eigenvalue weighted by Crippen LogP contribution is -2.65. The number of rotatable bonds is 5. The van der Waals surface area contributed by atoms with Gasteiger partial charge in [0.25, 0.3) is 0 Å². The topological polar surface area (TPSA) is 44.4 Å². The molecule has 5 rings (SSSR count). The van der Waals surface area contributed by atoms with Gasteiger partial charge < -0.3 is 15.5 Å². The van der Waals surface area contributed by atoms with E-state index in [2.05, 4.69) is 46.7 Å². The molecule has 4 aliphatic carbocycles. The van der Waals surface area contributed by atoms with Crippen LogP contribution in [0.25, 0.3) is 0 Å². The Balaban J connectivity index is 1.51. The maximum atomic E-state index is 12.6. The quantitative estimate of drug-likeness (QED) is 0.850. The Labute approximate surface area is 157 Å². The summed E-state index contributed by atoms with van der Waals surface area (Å²) in [6.45, 7) is 3.73. The fraction of sp³-hybridized carbons (Fsp3) is 0.682. The van der Waals surface area contributed by atoms with Crippen molar-refractivity contribution in [3.05, 3.63) is 35.4 Å². The predicted octanol–water partition coefficient (Wildman–Crippen LogP) is 3.45. The van der Waals surface area contributed by atoms with Gasteiger partial charge in [-0.15, -0.1) is 0 Å². The van der Waals surface area contributed by atoms with Gasteiger partial charge in [-0.05, 0) is 82.4 Å². The van der Waals surface area contributed by atoms with E-state index >= 15 is 0 Å². The Hall–Kier alpha value is -1.55. The molecule has 4 bridgehead atoms. The molecular weight excluding hydrogens is 322 g/mol. The summed E-state index contributed by atoms with van der Waals surface area (Å²) in [5.74, 6) is 1.53. The van der Waals surface area contributed by atoms with Crippen molar-refractivity contribution in [3.63, 3.8) is 0 Å². The van der Waals surface area contributed by atoms with Crippen molar-refractivity contribution in [1.29, 1.82) is 0 Å². The minimum Gasteiger partial charge on any atom is -0.337 e. The SMILES string of the molecule is Cc1ccc(C23C[C@@H]4C[C@@H](CC(NC(=O)NCCN(C)C)(C4)C2)C3)cc1. The van der Waals surface area contributed by atoms with Gasteiger partial charge in [-0.1, -0.05) is 29.8 Å². The minimum atomic E-state index is -0.00281. The monoisotopic (exact) mass is 355 g/mol. The molecule has 1 aromatic carbocycles. The highest BCUT2D eigenvalue weighted by molar-refractivity contribution is 5.75. The number of aryl methyl sites for hydroxylation is 1. The lowest BCUT2D eigenvalue weighted by atomic mass is 9.45. The van der Waals surface area contributed by atoms with E-state index in [0.29, 0.717) is 6.54 Å². The summed E-state index contributed by atoms with van der Waals surface area (Å²) in [7, 11) is 4.06. The van der Waals surface area contributed by atoms with E-state index in [1.165, 1.54) is 30.4 Å². The molecule has 0 aromatic heterocycles. The van der Waals surface area contributed by atoms with E-state index < -0.39 is 0 Å². The lowest BCUT2D eigenvalue weighted by Gasteiger charge is -2.62. The first-order chi connectivity index (χ1) is 12.4. The van der Waals surface area contributed by atoms with Gasteiger partial charge in [-0.25, -0.2) is 4.79 Å². The Kier molecular flexibility index (Phi) is 4.50. The van der Waals surface area contributed by atoms with Crippen LogP contribution in [0.1, 0.15) is 49.7 Å². The van der Waals surface area contributed by atoms with Gasteiger partial charge in [0.15, 0.2) is 0 Å². The summed E-state index contributed by atoms with van der Waals surface area (Å²) in [5, 5.41) is 6.49. The number of hydrogen-bond donors (Lipinski definition) is 2. The van der Waals surface area contributed by atoms with Gasteiger partial charge in [0.1, 0.15) is 0 Å². The first-order valence-corrected chi connectivity index (χ1v) is 10.2. The summed E-state index contributed by atoms with van der Waals surface area (Å²) < 4.78 is 0. The van der Waals surface area contributed by atoms with E-state index in [0.717, 1.165) is 37.6 Å². The fourth-order valence-corrected chi connectivity index (χ4v) is 6.33. The number of hydrogen-bond acceptors (Lipinski definition) is 2. The summed E-state index contributed by atoms with van der Waals surface area (Å²) in [5.41, 5.74) is 3.09. The molecule has 4 heteroatoms. The number of carbonyl (C=O) groups is 1. The number of likely N-dealkylation sites (N-methyl/N-ethyl adjacent to an activating group) is 1. The summed E-state index contributed by atoms with van der Waals surface area (Å²) >= 11 is 0. The molecule has 0 spiro atoms. The fourth-order valence-electron chi connectivity index (χ4n) is 6.33. The Morgan fingerprint density at radius 1 is 1.12 bits per heavy atom. The van der Waals surface area contributed by atoms with Crippen molar-refractivity contribution < 1.29 is 4.79 Å². The molecule has 2 N–H and O–H groups in total. The molecule has 0 aliphatic heterocycles. The number of amides is 2. The van der Waals surface area contributed by atoms with Gasteiger partial charge in [-0.3, -0.25) is 0 Å². The number of benzene rings is 1. The second-order valence-corrected chi connectivity index (χ2v) is 9.57. The van der Waals surface area contributed by atoms with E-state index in [9.17, 15) is 4.79 Å². The Bertz CT molecular complexity index is 652. The highest BCUT2D eigenvalue weighted by atomic mass is 16.2. The average Bonchev–Trinajstić information content (AvgIpc) is 2.53. The average molecular weight is 356 g/mol. The number of urea groups is 1. The van der Waals surface area contributed by atoms with Gasteiger partial charge in [0.05, 0.1) is 0 Å². The molecule has 4 nitrogen and oxygen atoms in total. The largest absolute Gasteiger partial charge is 0.337 e. The van der Waals surface area contributed by atoms with Crippen LogP contribution in [0.2, 0.25) is 0 Å². The molecule has 0 heterocycles. The van der Waals surface area contributed by atoms with Gasteiger partial charge >= 0.3 is 6.03 Å². The smallest absolute Gasteiger partial charge is 0.315 e. The van der Waals surface area contributed by atoms with Crippen molar-refractivity contribution in [2.24, 2.45) is 11.8 Å². The number of carbonyl (C=O) groups excluding carboxylic acids is 1. The molecule has 2 unspecified atom stereocenters. The van der Waals surface area contributed by atoms with Crippen LogP contribution in [0, 0.1) is 18.8 Å². The van der Waals surface area contributed by atoms with Crippen molar-refractivity contribution in [2.75, 3.05) is 27.2 Å². The zero-order valence-electron chi connectivity index (χ0n) is 16.5. The molecule has 4 aliphatic rings. The molecule has 26 heavy (non-hydrogen) atoms. The first-order valence-electron chi connectivity index (χ1n) is 10.2. The summed E-state index contributed by atoms with van der Waals surface area (Å²) in [6, 6.07) is 9.21. The minimum absolute atomic E-state index is 0.00281. The van der Waals surface area contributed by atoms with Gasteiger partial charge in [0, 0.05) is 18.6 Å². The maximum absolute atomic E-state index is 12.6. The van der Waals surface area contributed by atoms with Crippen LogP contribution in [0.3, 0.4) is 0 Å². The van der Waals surface area contributed by atoms with Crippen molar-refractivity contribution >= 4 is 6.03 Å².